The lowest BCUT2D eigenvalue weighted by Crippen LogP contribution is -2.37. The third-order valence-corrected chi connectivity index (χ3v) is 7.25. The number of phenols is 1. The van der Waals surface area contributed by atoms with Gasteiger partial charge in [-0.2, -0.15) is 0 Å². The Hall–Kier alpha value is -3.60. The second kappa shape index (κ2) is 12.3. The van der Waals surface area contributed by atoms with E-state index in [9.17, 15) is 14.7 Å². The van der Waals surface area contributed by atoms with Gasteiger partial charge in [-0.25, -0.2) is 0 Å². The average Bonchev–Trinajstić information content (AvgIpc) is 2.86. The summed E-state index contributed by atoms with van der Waals surface area (Å²) in [5.41, 5.74) is 5.93. The van der Waals surface area contributed by atoms with Crippen LogP contribution < -0.4 is 10.6 Å². The molecule has 0 aromatic heterocycles. The summed E-state index contributed by atoms with van der Waals surface area (Å²) in [6, 6.07) is 18.6. The molecule has 0 aliphatic heterocycles. The normalized spacial score (nSPS) is 12.8. The zero-order valence-electron chi connectivity index (χ0n) is 25.6. The first-order valence-corrected chi connectivity index (χ1v) is 14.2. The van der Waals surface area contributed by atoms with Gasteiger partial charge in [-0.05, 0) is 70.0 Å². The molecular formula is C35H46N2O3. The molecule has 0 aliphatic rings. The molecule has 3 aromatic rings. The van der Waals surface area contributed by atoms with Gasteiger partial charge >= 0.3 is 0 Å². The van der Waals surface area contributed by atoms with Crippen LogP contribution in [0.1, 0.15) is 107 Å². The third kappa shape index (κ3) is 7.97. The standard InChI is InChI=1S/C35H46N2O3/c1-22(2)25-15-17-27(18-16-25)36-33(40)31(26-13-10-23(3)11-14-26)37-30(38)19-12-24-20-28(34(4,5)6)32(39)29(21-24)35(7,8)9/h10-11,13-18,20-22,31,39H,12,19H2,1-9H3,(H,36,40)(H,37,38). The number of nitrogens with one attached hydrogen (secondary N) is 2. The largest absolute Gasteiger partial charge is 0.507 e. The summed E-state index contributed by atoms with van der Waals surface area (Å²) in [5, 5.41) is 17.0. The van der Waals surface area contributed by atoms with E-state index in [2.05, 4.69) is 66.0 Å². The van der Waals surface area contributed by atoms with Crippen molar-refractivity contribution in [3.05, 3.63) is 94.0 Å². The molecular weight excluding hydrogens is 496 g/mol. The lowest BCUT2D eigenvalue weighted by Gasteiger charge is -2.28. The molecule has 0 aliphatic carbocycles. The van der Waals surface area contributed by atoms with Gasteiger partial charge in [-0.3, -0.25) is 9.59 Å². The number of rotatable bonds is 8. The molecule has 3 aromatic carbocycles. The fourth-order valence-corrected chi connectivity index (χ4v) is 4.70. The Morgan fingerprint density at radius 1 is 0.800 bits per heavy atom. The van der Waals surface area contributed by atoms with Crippen LogP contribution in [0.5, 0.6) is 5.75 Å². The molecule has 0 bridgehead atoms. The highest BCUT2D eigenvalue weighted by Crippen LogP contribution is 2.40. The van der Waals surface area contributed by atoms with E-state index in [1.54, 1.807) is 0 Å². The van der Waals surface area contributed by atoms with Gasteiger partial charge in [0, 0.05) is 12.1 Å². The topological polar surface area (TPSA) is 78.4 Å². The Morgan fingerprint density at radius 3 is 1.77 bits per heavy atom. The van der Waals surface area contributed by atoms with Crippen LogP contribution in [0, 0.1) is 6.92 Å². The molecule has 1 atom stereocenters. The molecule has 0 spiro atoms. The highest BCUT2D eigenvalue weighted by atomic mass is 16.3. The van der Waals surface area contributed by atoms with E-state index >= 15 is 0 Å². The van der Waals surface area contributed by atoms with Crippen molar-refractivity contribution in [1.82, 2.24) is 5.32 Å². The van der Waals surface area contributed by atoms with E-state index in [4.69, 9.17) is 0 Å². The van der Waals surface area contributed by atoms with Crippen molar-refractivity contribution in [2.24, 2.45) is 0 Å². The van der Waals surface area contributed by atoms with Crippen molar-refractivity contribution in [2.45, 2.75) is 97.9 Å². The van der Waals surface area contributed by atoms with Crippen LogP contribution in [0.2, 0.25) is 0 Å². The molecule has 40 heavy (non-hydrogen) atoms. The molecule has 0 heterocycles. The Kier molecular flexibility index (Phi) is 9.50. The first-order valence-electron chi connectivity index (χ1n) is 14.2. The molecule has 3 rings (SSSR count). The van der Waals surface area contributed by atoms with Gasteiger partial charge in [0.2, 0.25) is 5.91 Å². The minimum Gasteiger partial charge on any atom is -0.507 e. The molecule has 0 radical (unpaired) electrons. The zero-order valence-corrected chi connectivity index (χ0v) is 25.6. The minimum absolute atomic E-state index is 0.210. The molecule has 2 amide bonds. The van der Waals surface area contributed by atoms with Crippen molar-refractivity contribution in [2.75, 3.05) is 5.32 Å². The summed E-state index contributed by atoms with van der Waals surface area (Å²) in [4.78, 5) is 26.7. The fraction of sp³-hybridized carbons (Fsp3) is 0.429. The number of aryl methyl sites for hydroxylation is 2. The summed E-state index contributed by atoms with van der Waals surface area (Å²) < 4.78 is 0. The highest BCUT2D eigenvalue weighted by Gasteiger charge is 2.27. The Labute approximate surface area is 240 Å². The number of phenolic OH excluding ortho intramolecular Hbond substituents is 1. The summed E-state index contributed by atoms with van der Waals surface area (Å²) in [6.45, 7) is 18.7. The predicted molar refractivity (Wildman–Crippen MR) is 165 cm³/mol. The lowest BCUT2D eigenvalue weighted by atomic mass is 9.78. The van der Waals surface area contributed by atoms with Crippen LogP contribution in [0.3, 0.4) is 0 Å². The van der Waals surface area contributed by atoms with Gasteiger partial charge in [0.05, 0.1) is 0 Å². The number of anilines is 1. The van der Waals surface area contributed by atoms with Crippen LogP contribution in [0.15, 0.2) is 60.7 Å². The van der Waals surface area contributed by atoms with Gasteiger partial charge in [-0.1, -0.05) is 109 Å². The van der Waals surface area contributed by atoms with E-state index in [1.807, 2.05) is 67.6 Å². The summed E-state index contributed by atoms with van der Waals surface area (Å²) in [5.74, 6) is 0.227. The first-order chi connectivity index (χ1) is 18.6. The average molecular weight is 543 g/mol. The number of aromatic hydroxyl groups is 1. The summed E-state index contributed by atoms with van der Waals surface area (Å²) in [7, 11) is 0. The molecule has 5 nitrogen and oxygen atoms in total. The zero-order chi connectivity index (χ0) is 29.8. The quantitative estimate of drug-likeness (QED) is 0.271. The maximum Gasteiger partial charge on any atom is 0.251 e. The van der Waals surface area contributed by atoms with Gasteiger partial charge < -0.3 is 15.7 Å². The predicted octanol–water partition coefficient (Wildman–Crippen LogP) is 7.85. The van der Waals surface area contributed by atoms with E-state index in [0.29, 0.717) is 23.8 Å². The number of hydrogen-bond acceptors (Lipinski definition) is 3. The lowest BCUT2D eigenvalue weighted by molar-refractivity contribution is -0.126. The van der Waals surface area contributed by atoms with Gasteiger partial charge in [0.25, 0.3) is 5.91 Å². The van der Waals surface area contributed by atoms with Crippen molar-refractivity contribution in [3.8, 4) is 5.75 Å². The summed E-state index contributed by atoms with van der Waals surface area (Å²) >= 11 is 0. The number of benzene rings is 3. The summed E-state index contributed by atoms with van der Waals surface area (Å²) in [6.07, 6.45) is 0.716. The van der Waals surface area contributed by atoms with Crippen LogP contribution in [0.25, 0.3) is 0 Å². The molecule has 0 saturated carbocycles. The number of amides is 2. The van der Waals surface area contributed by atoms with Crippen LogP contribution in [-0.4, -0.2) is 16.9 Å². The molecule has 0 saturated heterocycles. The second-order valence-electron chi connectivity index (χ2n) is 13.2. The van der Waals surface area contributed by atoms with Crippen molar-refractivity contribution < 1.29 is 14.7 Å². The molecule has 5 heteroatoms. The smallest absolute Gasteiger partial charge is 0.251 e. The van der Waals surface area contributed by atoms with Crippen LogP contribution >= 0.6 is 0 Å². The maximum atomic E-state index is 13.4. The van der Waals surface area contributed by atoms with E-state index in [0.717, 1.165) is 27.8 Å². The number of carbonyl (C=O) groups excluding carboxylic acids is 2. The first kappa shape index (κ1) is 30.9. The van der Waals surface area contributed by atoms with E-state index in [1.165, 1.54) is 5.56 Å². The Balaban J connectivity index is 1.81. The second-order valence-corrected chi connectivity index (χ2v) is 13.2. The molecule has 1 unspecified atom stereocenters. The van der Waals surface area contributed by atoms with Crippen LogP contribution in [-0.2, 0) is 26.8 Å². The van der Waals surface area contributed by atoms with E-state index < -0.39 is 6.04 Å². The Morgan fingerprint density at radius 2 is 1.30 bits per heavy atom. The van der Waals surface area contributed by atoms with Gasteiger partial charge in [0.15, 0.2) is 0 Å². The molecule has 3 N–H and O–H groups in total. The SMILES string of the molecule is Cc1ccc(C(NC(=O)CCc2cc(C(C)(C)C)c(O)c(C(C)(C)C)c2)C(=O)Nc2ccc(C(C)C)cc2)cc1. The number of hydrogen-bond donors (Lipinski definition) is 3. The maximum absolute atomic E-state index is 13.4. The third-order valence-electron chi connectivity index (χ3n) is 7.25. The fourth-order valence-electron chi connectivity index (χ4n) is 4.70. The minimum atomic E-state index is -0.826. The Bertz CT molecular complexity index is 1290. The van der Waals surface area contributed by atoms with Gasteiger partial charge in [0.1, 0.15) is 11.8 Å². The van der Waals surface area contributed by atoms with Gasteiger partial charge in [-0.15, -0.1) is 0 Å². The van der Waals surface area contributed by atoms with Crippen molar-refractivity contribution in [3.63, 3.8) is 0 Å². The monoisotopic (exact) mass is 542 g/mol. The van der Waals surface area contributed by atoms with E-state index in [-0.39, 0.29) is 29.1 Å². The van der Waals surface area contributed by atoms with Crippen molar-refractivity contribution in [1.29, 1.82) is 0 Å². The van der Waals surface area contributed by atoms with Crippen molar-refractivity contribution >= 4 is 17.5 Å². The number of carbonyl (C=O) groups is 2. The molecule has 214 valence electrons. The highest BCUT2D eigenvalue weighted by molar-refractivity contribution is 5.98. The molecule has 0 fully saturated rings. The van der Waals surface area contributed by atoms with Crippen LogP contribution in [0.4, 0.5) is 5.69 Å².